The predicted molar refractivity (Wildman–Crippen MR) is 75.5 cm³/mol. The summed E-state index contributed by atoms with van der Waals surface area (Å²) in [7, 11) is 3.37. The minimum absolute atomic E-state index is 0.0126. The van der Waals surface area contributed by atoms with Gasteiger partial charge in [-0.3, -0.25) is 4.79 Å². The van der Waals surface area contributed by atoms with Crippen molar-refractivity contribution in [2.75, 3.05) is 7.05 Å². The molecule has 110 valence electrons. The summed E-state index contributed by atoms with van der Waals surface area (Å²) in [6.45, 7) is 0. The molecule has 1 aromatic heterocycles. The van der Waals surface area contributed by atoms with Crippen LogP contribution in [0.4, 0.5) is 0 Å². The first-order valence-corrected chi connectivity index (χ1v) is 9.12. The molecule has 0 saturated heterocycles. The van der Waals surface area contributed by atoms with E-state index in [1.165, 1.54) is 12.3 Å². The fourth-order valence-corrected chi connectivity index (χ4v) is 3.28. The number of carbonyl (C=O) groups excluding carboxylic acids is 1. The molecule has 0 radical (unpaired) electrons. The van der Waals surface area contributed by atoms with E-state index in [-0.39, 0.29) is 16.8 Å². The summed E-state index contributed by atoms with van der Waals surface area (Å²) >= 11 is 0. The SMILES string of the molecule is CN(C(=O)c1cc(S(=O)(=O)Cl)cn1C1CCC1)C1CC1. The molecule has 0 atom stereocenters. The lowest BCUT2D eigenvalue weighted by molar-refractivity contribution is 0.0768. The van der Waals surface area contributed by atoms with Crippen molar-refractivity contribution in [3.8, 4) is 0 Å². The van der Waals surface area contributed by atoms with Gasteiger partial charge >= 0.3 is 0 Å². The number of nitrogens with zero attached hydrogens (tertiary/aromatic N) is 2. The smallest absolute Gasteiger partial charge is 0.270 e. The van der Waals surface area contributed by atoms with Crippen LogP contribution >= 0.6 is 10.7 Å². The third-order valence-electron chi connectivity index (χ3n) is 4.21. The molecule has 0 N–H and O–H groups in total. The van der Waals surface area contributed by atoms with Crippen LogP contribution in [0.2, 0.25) is 0 Å². The topological polar surface area (TPSA) is 59.4 Å². The highest BCUT2D eigenvalue weighted by Gasteiger charge is 2.34. The van der Waals surface area contributed by atoms with Gasteiger partial charge in [0.05, 0.1) is 0 Å². The van der Waals surface area contributed by atoms with E-state index in [1.807, 2.05) is 0 Å². The Hall–Kier alpha value is -1.01. The maximum Gasteiger partial charge on any atom is 0.270 e. The van der Waals surface area contributed by atoms with Gasteiger partial charge in [0.1, 0.15) is 10.6 Å². The Morgan fingerprint density at radius 3 is 2.45 bits per heavy atom. The van der Waals surface area contributed by atoms with E-state index in [2.05, 4.69) is 0 Å². The second-order valence-corrected chi connectivity index (χ2v) is 8.20. The van der Waals surface area contributed by atoms with Crippen LogP contribution in [0.15, 0.2) is 17.2 Å². The first-order valence-electron chi connectivity index (χ1n) is 6.81. The van der Waals surface area contributed by atoms with Crippen molar-refractivity contribution in [2.45, 2.75) is 49.1 Å². The molecule has 0 bridgehead atoms. The van der Waals surface area contributed by atoms with E-state index in [1.54, 1.807) is 16.5 Å². The van der Waals surface area contributed by atoms with Gasteiger partial charge in [-0.1, -0.05) is 0 Å². The first-order chi connectivity index (χ1) is 9.38. The highest BCUT2D eigenvalue weighted by atomic mass is 35.7. The Labute approximate surface area is 122 Å². The summed E-state index contributed by atoms with van der Waals surface area (Å²) in [5.41, 5.74) is 0.434. The molecular formula is C13H17ClN2O3S. The minimum Gasteiger partial charge on any atom is -0.339 e. The zero-order chi connectivity index (χ0) is 14.5. The van der Waals surface area contributed by atoms with Crippen LogP contribution < -0.4 is 0 Å². The van der Waals surface area contributed by atoms with Crippen molar-refractivity contribution < 1.29 is 13.2 Å². The number of rotatable bonds is 4. The molecule has 20 heavy (non-hydrogen) atoms. The minimum atomic E-state index is -3.81. The number of carbonyl (C=O) groups is 1. The zero-order valence-corrected chi connectivity index (χ0v) is 12.8. The van der Waals surface area contributed by atoms with E-state index in [9.17, 15) is 13.2 Å². The van der Waals surface area contributed by atoms with Gasteiger partial charge in [0.15, 0.2) is 0 Å². The second-order valence-electron chi connectivity index (χ2n) is 5.64. The van der Waals surface area contributed by atoms with E-state index in [4.69, 9.17) is 10.7 Å². The normalized spacial score (nSPS) is 19.7. The molecule has 1 amide bonds. The quantitative estimate of drug-likeness (QED) is 0.801. The van der Waals surface area contributed by atoms with Crippen LogP contribution in [-0.4, -0.2) is 36.9 Å². The van der Waals surface area contributed by atoms with E-state index >= 15 is 0 Å². The van der Waals surface area contributed by atoms with E-state index < -0.39 is 9.05 Å². The van der Waals surface area contributed by atoms with Crippen molar-refractivity contribution in [1.82, 2.24) is 9.47 Å². The van der Waals surface area contributed by atoms with Gasteiger partial charge < -0.3 is 9.47 Å². The Bertz CT molecular complexity index is 645. The largest absolute Gasteiger partial charge is 0.339 e. The van der Waals surface area contributed by atoms with Crippen LogP contribution in [0, 0.1) is 0 Å². The van der Waals surface area contributed by atoms with Gasteiger partial charge in [0.25, 0.3) is 15.0 Å². The third-order valence-corrected chi connectivity index (χ3v) is 5.53. The summed E-state index contributed by atoms with van der Waals surface area (Å²) in [6, 6.07) is 1.92. The molecular weight excluding hydrogens is 300 g/mol. The first kappa shape index (κ1) is 13.9. The molecule has 2 aliphatic rings. The van der Waals surface area contributed by atoms with Crippen LogP contribution in [0.3, 0.4) is 0 Å². The highest BCUT2D eigenvalue weighted by molar-refractivity contribution is 8.13. The Kier molecular flexibility index (Phi) is 3.33. The fourth-order valence-electron chi connectivity index (χ4n) is 2.53. The molecule has 2 aliphatic carbocycles. The lowest BCUT2D eigenvalue weighted by Crippen LogP contribution is -2.32. The molecule has 2 fully saturated rings. The standard InChI is InChI=1S/C13H17ClN2O3S/c1-15(9-5-6-9)13(17)12-7-11(20(14,18)19)8-16(12)10-3-2-4-10/h7-10H,2-6H2,1H3. The second kappa shape index (κ2) is 4.77. The summed E-state index contributed by atoms with van der Waals surface area (Å²) < 4.78 is 24.8. The Morgan fingerprint density at radius 1 is 1.35 bits per heavy atom. The Morgan fingerprint density at radius 2 is 2.00 bits per heavy atom. The maximum absolute atomic E-state index is 12.5. The average Bonchev–Trinajstić information content (AvgIpc) is 3.05. The van der Waals surface area contributed by atoms with Gasteiger partial charge in [-0.25, -0.2) is 8.42 Å². The van der Waals surface area contributed by atoms with Crippen LogP contribution in [0.1, 0.15) is 48.6 Å². The predicted octanol–water partition coefficient (Wildman–Crippen LogP) is 2.38. The molecule has 3 rings (SSSR count). The number of aromatic nitrogens is 1. The zero-order valence-electron chi connectivity index (χ0n) is 11.3. The van der Waals surface area contributed by atoms with Crippen molar-refractivity contribution in [1.29, 1.82) is 0 Å². The monoisotopic (exact) mass is 316 g/mol. The molecule has 1 aromatic rings. The van der Waals surface area contributed by atoms with Crippen molar-refractivity contribution in [2.24, 2.45) is 0 Å². The molecule has 0 aromatic carbocycles. The number of halogens is 1. The van der Waals surface area contributed by atoms with Gasteiger partial charge in [-0.15, -0.1) is 0 Å². The van der Waals surface area contributed by atoms with E-state index in [0.29, 0.717) is 11.7 Å². The fraction of sp³-hybridized carbons (Fsp3) is 0.615. The van der Waals surface area contributed by atoms with Crippen molar-refractivity contribution >= 4 is 25.6 Å². The summed E-state index contributed by atoms with van der Waals surface area (Å²) in [6.07, 6.45) is 6.60. The third kappa shape index (κ3) is 2.46. The van der Waals surface area contributed by atoms with E-state index in [0.717, 1.165) is 32.1 Å². The molecule has 2 saturated carbocycles. The lowest BCUT2D eigenvalue weighted by Gasteiger charge is -2.29. The molecule has 5 nitrogen and oxygen atoms in total. The summed E-state index contributed by atoms with van der Waals surface area (Å²) in [5, 5.41) is 0. The average molecular weight is 317 g/mol. The van der Waals surface area contributed by atoms with Crippen molar-refractivity contribution in [3.05, 3.63) is 18.0 Å². The van der Waals surface area contributed by atoms with Gasteiger partial charge in [-0.05, 0) is 38.2 Å². The molecule has 0 spiro atoms. The molecule has 0 unspecified atom stereocenters. The van der Waals surface area contributed by atoms with Crippen LogP contribution in [0.5, 0.6) is 0 Å². The summed E-state index contributed by atoms with van der Waals surface area (Å²) in [5.74, 6) is -0.119. The summed E-state index contributed by atoms with van der Waals surface area (Å²) in [4.78, 5) is 14.2. The van der Waals surface area contributed by atoms with Gasteiger partial charge in [0, 0.05) is 36.0 Å². The Balaban J connectivity index is 1.98. The highest BCUT2D eigenvalue weighted by Crippen LogP contribution is 2.36. The maximum atomic E-state index is 12.5. The van der Waals surface area contributed by atoms with Crippen molar-refractivity contribution in [3.63, 3.8) is 0 Å². The number of amides is 1. The number of hydrogen-bond donors (Lipinski definition) is 0. The van der Waals surface area contributed by atoms with Gasteiger partial charge in [0.2, 0.25) is 0 Å². The van der Waals surface area contributed by atoms with Crippen LogP contribution in [-0.2, 0) is 9.05 Å². The van der Waals surface area contributed by atoms with Crippen LogP contribution in [0.25, 0.3) is 0 Å². The lowest BCUT2D eigenvalue weighted by atomic mass is 9.93. The molecule has 7 heteroatoms. The number of hydrogen-bond acceptors (Lipinski definition) is 3. The van der Waals surface area contributed by atoms with Gasteiger partial charge in [-0.2, -0.15) is 0 Å². The molecule has 1 heterocycles. The molecule has 0 aliphatic heterocycles.